The van der Waals surface area contributed by atoms with Crippen LogP contribution in [0, 0.1) is 17.1 Å². The van der Waals surface area contributed by atoms with Gasteiger partial charge in [-0.25, -0.2) is 4.39 Å². The highest BCUT2D eigenvalue weighted by Gasteiger charge is 2.32. The van der Waals surface area contributed by atoms with Crippen LogP contribution in [0.5, 0.6) is 5.75 Å². The SMILES string of the molecule is COc1cccc(F)c1C1CCN(c2ccn3c(CC(F)(F)F)nnc3c2C#N)CC1. The Morgan fingerprint density at radius 1 is 1.19 bits per heavy atom. The predicted octanol–water partition coefficient (Wildman–Crippen LogP) is 4.24. The topological polar surface area (TPSA) is 66.5 Å². The third-order valence-electron chi connectivity index (χ3n) is 5.57. The summed E-state index contributed by atoms with van der Waals surface area (Å²) in [6, 6.07) is 8.41. The van der Waals surface area contributed by atoms with Gasteiger partial charge in [-0.05, 0) is 37.0 Å². The summed E-state index contributed by atoms with van der Waals surface area (Å²) >= 11 is 0. The average Bonchev–Trinajstić information content (AvgIpc) is 3.14. The highest BCUT2D eigenvalue weighted by Crippen LogP contribution is 2.38. The number of benzene rings is 1. The smallest absolute Gasteiger partial charge is 0.396 e. The molecule has 0 saturated carbocycles. The Morgan fingerprint density at radius 3 is 2.58 bits per heavy atom. The van der Waals surface area contributed by atoms with E-state index in [-0.39, 0.29) is 28.8 Å². The van der Waals surface area contributed by atoms with E-state index in [9.17, 15) is 22.8 Å². The Labute approximate surface area is 175 Å². The summed E-state index contributed by atoms with van der Waals surface area (Å²) in [6.45, 7) is 1.10. The number of rotatable bonds is 4. The highest BCUT2D eigenvalue weighted by molar-refractivity contribution is 5.71. The van der Waals surface area contributed by atoms with Gasteiger partial charge in [0.2, 0.25) is 0 Å². The van der Waals surface area contributed by atoms with Gasteiger partial charge in [0.15, 0.2) is 5.65 Å². The number of ether oxygens (including phenoxy) is 1. The van der Waals surface area contributed by atoms with Crippen molar-refractivity contribution in [2.75, 3.05) is 25.1 Å². The van der Waals surface area contributed by atoms with E-state index in [2.05, 4.69) is 16.3 Å². The van der Waals surface area contributed by atoms with Crippen LogP contribution >= 0.6 is 0 Å². The number of hydrogen-bond acceptors (Lipinski definition) is 5. The molecule has 0 N–H and O–H groups in total. The number of fused-ring (bicyclic) bond motifs is 1. The molecule has 0 radical (unpaired) electrons. The highest BCUT2D eigenvalue weighted by atomic mass is 19.4. The first-order valence-corrected chi connectivity index (χ1v) is 9.73. The van der Waals surface area contributed by atoms with Crippen LogP contribution in [0.15, 0.2) is 30.5 Å². The zero-order valence-corrected chi connectivity index (χ0v) is 16.7. The average molecular weight is 433 g/mol. The molecule has 1 fully saturated rings. The molecule has 0 atom stereocenters. The van der Waals surface area contributed by atoms with Gasteiger partial charge in [-0.2, -0.15) is 18.4 Å². The molecule has 0 spiro atoms. The number of aromatic nitrogens is 3. The molecule has 6 nitrogen and oxygen atoms in total. The van der Waals surface area contributed by atoms with Gasteiger partial charge in [0.05, 0.1) is 12.8 Å². The van der Waals surface area contributed by atoms with E-state index in [1.165, 1.54) is 23.8 Å². The van der Waals surface area contributed by atoms with E-state index in [4.69, 9.17) is 4.74 Å². The molecule has 3 aromatic rings. The summed E-state index contributed by atoms with van der Waals surface area (Å²) in [7, 11) is 1.51. The van der Waals surface area contributed by atoms with Crippen molar-refractivity contribution in [1.29, 1.82) is 5.26 Å². The van der Waals surface area contributed by atoms with E-state index in [0.29, 0.717) is 42.9 Å². The lowest BCUT2D eigenvalue weighted by molar-refractivity contribution is -0.128. The molecule has 0 aliphatic carbocycles. The van der Waals surface area contributed by atoms with Gasteiger partial charge in [-0.15, -0.1) is 10.2 Å². The van der Waals surface area contributed by atoms with Crippen LogP contribution in [0.25, 0.3) is 5.65 Å². The van der Waals surface area contributed by atoms with E-state index in [1.54, 1.807) is 18.2 Å². The van der Waals surface area contributed by atoms with Crippen LogP contribution in [0.3, 0.4) is 0 Å². The Hall–Kier alpha value is -3.35. The van der Waals surface area contributed by atoms with Gasteiger partial charge < -0.3 is 9.64 Å². The molecule has 3 heterocycles. The minimum absolute atomic E-state index is 0.0341. The molecular formula is C21H19F4N5O. The summed E-state index contributed by atoms with van der Waals surface area (Å²) in [5.74, 6) is -0.0973. The lowest BCUT2D eigenvalue weighted by Crippen LogP contribution is -2.34. The van der Waals surface area contributed by atoms with Crippen molar-refractivity contribution < 1.29 is 22.3 Å². The number of hydrogen-bond donors (Lipinski definition) is 0. The second-order valence-electron chi connectivity index (χ2n) is 7.41. The fraction of sp³-hybridized carbons (Fsp3) is 0.381. The molecule has 1 saturated heterocycles. The van der Waals surface area contributed by atoms with Gasteiger partial charge in [0.25, 0.3) is 0 Å². The van der Waals surface area contributed by atoms with E-state index >= 15 is 0 Å². The predicted molar refractivity (Wildman–Crippen MR) is 105 cm³/mol. The summed E-state index contributed by atoms with van der Waals surface area (Å²) in [4.78, 5) is 1.97. The fourth-order valence-electron chi connectivity index (χ4n) is 4.16. The fourth-order valence-corrected chi connectivity index (χ4v) is 4.16. The molecule has 162 valence electrons. The Balaban J connectivity index is 1.59. The maximum atomic E-state index is 14.4. The van der Waals surface area contributed by atoms with Crippen molar-refractivity contribution in [2.24, 2.45) is 0 Å². The van der Waals surface area contributed by atoms with Gasteiger partial charge in [-0.1, -0.05) is 6.07 Å². The Morgan fingerprint density at radius 2 is 1.94 bits per heavy atom. The first-order chi connectivity index (χ1) is 14.8. The second kappa shape index (κ2) is 8.06. The molecule has 4 rings (SSSR count). The second-order valence-corrected chi connectivity index (χ2v) is 7.41. The van der Waals surface area contributed by atoms with Crippen molar-refractivity contribution >= 4 is 11.3 Å². The van der Waals surface area contributed by atoms with Crippen molar-refractivity contribution in [3.8, 4) is 11.8 Å². The van der Waals surface area contributed by atoms with Crippen molar-refractivity contribution in [3.63, 3.8) is 0 Å². The molecule has 2 aromatic heterocycles. The largest absolute Gasteiger partial charge is 0.496 e. The molecule has 1 aliphatic rings. The molecular weight excluding hydrogens is 414 g/mol. The Bertz CT molecular complexity index is 1140. The third kappa shape index (κ3) is 4.00. The molecule has 1 aliphatic heterocycles. The number of alkyl halides is 3. The molecule has 31 heavy (non-hydrogen) atoms. The van der Waals surface area contributed by atoms with Gasteiger partial charge in [0.1, 0.15) is 35.4 Å². The zero-order valence-electron chi connectivity index (χ0n) is 16.7. The van der Waals surface area contributed by atoms with Crippen molar-refractivity contribution in [3.05, 3.63) is 53.2 Å². The van der Waals surface area contributed by atoms with E-state index in [1.807, 2.05) is 4.90 Å². The minimum Gasteiger partial charge on any atom is -0.496 e. The van der Waals surface area contributed by atoms with Crippen LogP contribution < -0.4 is 9.64 Å². The summed E-state index contributed by atoms with van der Waals surface area (Å²) in [5.41, 5.74) is 1.40. The van der Waals surface area contributed by atoms with Crippen LogP contribution in [0.2, 0.25) is 0 Å². The molecule has 0 unspecified atom stereocenters. The number of nitriles is 1. The lowest BCUT2D eigenvalue weighted by atomic mass is 9.88. The summed E-state index contributed by atoms with van der Waals surface area (Å²) < 4.78 is 59.2. The number of methoxy groups -OCH3 is 1. The molecule has 10 heteroatoms. The Kier molecular flexibility index (Phi) is 5.43. The maximum absolute atomic E-state index is 14.4. The quantitative estimate of drug-likeness (QED) is 0.576. The van der Waals surface area contributed by atoms with Gasteiger partial charge in [0, 0.05) is 24.8 Å². The van der Waals surface area contributed by atoms with Gasteiger partial charge in [-0.3, -0.25) is 4.40 Å². The van der Waals surface area contributed by atoms with Crippen LogP contribution in [-0.4, -0.2) is 41.0 Å². The monoisotopic (exact) mass is 433 g/mol. The molecule has 0 bridgehead atoms. The van der Waals surface area contributed by atoms with Crippen molar-refractivity contribution in [1.82, 2.24) is 14.6 Å². The number of nitrogens with zero attached hydrogens (tertiary/aromatic N) is 5. The zero-order chi connectivity index (χ0) is 22.2. The first kappa shape index (κ1) is 20.9. The maximum Gasteiger partial charge on any atom is 0.396 e. The minimum atomic E-state index is -4.43. The molecule has 0 amide bonds. The molecule has 1 aromatic carbocycles. The van der Waals surface area contributed by atoms with Crippen LogP contribution in [0.1, 0.15) is 35.7 Å². The van der Waals surface area contributed by atoms with E-state index < -0.39 is 12.6 Å². The standard InChI is InChI=1S/C21H19F4N5O/c1-31-17-4-2-3-15(22)19(17)13-5-8-29(9-6-13)16-7-10-30-18(11-21(23,24)25)27-28-20(30)14(16)12-26/h2-4,7,10,13H,5-6,8-9,11H2,1H3. The lowest BCUT2D eigenvalue weighted by Gasteiger charge is -2.34. The number of pyridine rings is 1. The summed E-state index contributed by atoms with van der Waals surface area (Å²) in [5, 5.41) is 17.1. The number of anilines is 1. The number of piperidine rings is 1. The van der Waals surface area contributed by atoms with Gasteiger partial charge >= 0.3 is 6.18 Å². The third-order valence-corrected chi connectivity index (χ3v) is 5.57. The van der Waals surface area contributed by atoms with Crippen LogP contribution in [0.4, 0.5) is 23.2 Å². The van der Waals surface area contributed by atoms with Crippen molar-refractivity contribution in [2.45, 2.75) is 31.4 Å². The summed E-state index contributed by atoms with van der Waals surface area (Å²) in [6.07, 6.45) is -2.92. The van der Waals surface area contributed by atoms with E-state index in [0.717, 1.165) is 0 Å². The normalized spacial score (nSPS) is 15.3. The first-order valence-electron chi connectivity index (χ1n) is 9.73. The van der Waals surface area contributed by atoms with Crippen LogP contribution in [-0.2, 0) is 6.42 Å². The number of halogens is 4.